The molecule has 0 saturated carbocycles. The van der Waals surface area contributed by atoms with E-state index in [1.54, 1.807) is 12.4 Å². The maximum Gasteiger partial charge on any atom is 0.0922 e. The van der Waals surface area contributed by atoms with Gasteiger partial charge in [-0.25, -0.2) is 9.97 Å². The summed E-state index contributed by atoms with van der Waals surface area (Å²) in [7, 11) is 0. The van der Waals surface area contributed by atoms with Crippen molar-refractivity contribution in [3.05, 3.63) is 36.4 Å². The molecule has 76 valence electrons. The second-order valence-electron chi connectivity index (χ2n) is 2.47. The third kappa shape index (κ3) is 3.38. The second-order valence-corrected chi connectivity index (χ2v) is 2.47. The van der Waals surface area contributed by atoms with Crippen molar-refractivity contribution in [3.63, 3.8) is 0 Å². The number of aromatic amines is 2. The molecule has 0 atom stereocenters. The fraction of sp³-hybridized carbons (Fsp3) is 0.250. The Balaban J connectivity index is 0.000000140. The summed E-state index contributed by atoms with van der Waals surface area (Å²) in [5.41, 5.74) is 1.50. The number of hydrogen-bond acceptors (Lipinski definition) is 4. The Morgan fingerprint density at radius 2 is 1.36 bits per heavy atom. The lowest BCUT2D eigenvalue weighted by molar-refractivity contribution is 0.277. The lowest BCUT2D eigenvalue weighted by atomic mass is 10.5. The summed E-state index contributed by atoms with van der Waals surface area (Å²) in [5, 5.41) is 16.7. The van der Waals surface area contributed by atoms with Crippen molar-refractivity contribution in [3.8, 4) is 0 Å². The minimum absolute atomic E-state index is 0.0417. The van der Waals surface area contributed by atoms with Gasteiger partial charge in [0, 0.05) is 0 Å². The third-order valence-corrected chi connectivity index (χ3v) is 1.45. The summed E-state index contributed by atoms with van der Waals surface area (Å²) in [4.78, 5) is 12.8. The van der Waals surface area contributed by atoms with E-state index in [0.29, 0.717) is 0 Å². The average Bonchev–Trinajstić information content (AvgIpc) is 2.92. The van der Waals surface area contributed by atoms with Gasteiger partial charge in [0.25, 0.3) is 0 Å². The van der Waals surface area contributed by atoms with Crippen LogP contribution in [0.1, 0.15) is 11.4 Å². The molecule has 2 aromatic rings. The number of nitrogens with zero attached hydrogens (tertiary/aromatic N) is 2. The molecule has 0 amide bonds. The van der Waals surface area contributed by atoms with Gasteiger partial charge in [0.15, 0.2) is 0 Å². The number of aliphatic hydroxyl groups excluding tert-OH is 2. The maximum absolute atomic E-state index is 8.36. The summed E-state index contributed by atoms with van der Waals surface area (Å²) < 4.78 is 0. The van der Waals surface area contributed by atoms with Gasteiger partial charge in [-0.2, -0.15) is 0 Å². The Labute approximate surface area is 80.7 Å². The van der Waals surface area contributed by atoms with Crippen molar-refractivity contribution in [1.29, 1.82) is 0 Å². The van der Waals surface area contributed by atoms with Crippen molar-refractivity contribution in [2.45, 2.75) is 13.2 Å². The zero-order valence-electron chi connectivity index (χ0n) is 7.51. The van der Waals surface area contributed by atoms with Gasteiger partial charge in [-0.1, -0.05) is 0 Å². The first-order chi connectivity index (χ1) is 6.86. The van der Waals surface area contributed by atoms with Gasteiger partial charge < -0.3 is 20.2 Å². The molecule has 0 fully saturated rings. The molecule has 6 heteroatoms. The molecule has 0 spiro atoms. The Kier molecular flexibility index (Phi) is 4.39. The van der Waals surface area contributed by atoms with Crippen LogP contribution in [-0.2, 0) is 13.2 Å². The van der Waals surface area contributed by atoms with Crippen LogP contribution >= 0.6 is 0 Å². The molecule has 14 heavy (non-hydrogen) atoms. The normalized spacial score (nSPS) is 9.29. The van der Waals surface area contributed by atoms with Crippen LogP contribution in [0.5, 0.6) is 0 Å². The highest BCUT2D eigenvalue weighted by atomic mass is 16.3. The topological polar surface area (TPSA) is 97.8 Å². The van der Waals surface area contributed by atoms with E-state index >= 15 is 0 Å². The highest BCUT2D eigenvalue weighted by Gasteiger charge is 1.84. The smallest absolute Gasteiger partial charge is 0.0922 e. The number of nitrogens with one attached hydrogen (secondary N) is 2. The zero-order valence-corrected chi connectivity index (χ0v) is 7.51. The molecule has 0 aromatic carbocycles. The first-order valence-corrected chi connectivity index (χ1v) is 4.03. The van der Waals surface area contributed by atoms with E-state index in [0.717, 1.165) is 11.4 Å². The molecule has 0 saturated heterocycles. The predicted octanol–water partition coefficient (Wildman–Crippen LogP) is -0.196. The van der Waals surface area contributed by atoms with Gasteiger partial charge in [-0.15, -0.1) is 0 Å². The van der Waals surface area contributed by atoms with Crippen LogP contribution in [0.2, 0.25) is 0 Å². The summed E-state index contributed by atoms with van der Waals surface area (Å²) in [5.74, 6) is 0. The van der Waals surface area contributed by atoms with Crippen LogP contribution in [0.25, 0.3) is 0 Å². The molecule has 4 N–H and O–H groups in total. The van der Waals surface area contributed by atoms with Gasteiger partial charge in [0.05, 0.1) is 49.6 Å². The summed E-state index contributed by atoms with van der Waals surface area (Å²) >= 11 is 0. The highest BCUT2D eigenvalue weighted by molar-refractivity contribution is 4.90. The number of imidazole rings is 2. The number of aliphatic hydroxyl groups is 2. The van der Waals surface area contributed by atoms with Gasteiger partial charge >= 0.3 is 0 Å². The number of hydrogen-bond donors (Lipinski definition) is 4. The SMILES string of the molecule is OCc1cnc[nH]1.OCc1cnc[nH]1. The summed E-state index contributed by atoms with van der Waals surface area (Å²) in [6.45, 7) is 0.0833. The summed E-state index contributed by atoms with van der Waals surface area (Å²) in [6.07, 6.45) is 6.23. The predicted molar refractivity (Wildman–Crippen MR) is 49.0 cm³/mol. The Hall–Kier alpha value is -1.66. The van der Waals surface area contributed by atoms with Crippen molar-refractivity contribution in [2.24, 2.45) is 0 Å². The fourth-order valence-corrected chi connectivity index (χ4v) is 0.742. The van der Waals surface area contributed by atoms with E-state index in [1.807, 2.05) is 0 Å². The van der Waals surface area contributed by atoms with E-state index in [9.17, 15) is 0 Å². The van der Waals surface area contributed by atoms with Crippen LogP contribution in [0.15, 0.2) is 25.0 Å². The fourth-order valence-electron chi connectivity index (χ4n) is 0.742. The molecule has 0 radical (unpaired) electrons. The molecule has 0 aliphatic rings. The van der Waals surface area contributed by atoms with Crippen LogP contribution in [0.4, 0.5) is 0 Å². The molecule has 0 unspecified atom stereocenters. The van der Waals surface area contributed by atoms with Crippen LogP contribution in [-0.4, -0.2) is 30.1 Å². The second kappa shape index (κ2) is 5.90. The van der Waals surface area contributed by atoms with Crippen LogP contribution < -0.4 is 0 Å². The zero-order chi connectivity index (χ0) is 10.2. The minimum Gasteiger partial charge on any atom is -0.390 e. The molecule has 6 nitrogen and oxygen atoms in total. The summed E-state index contributed by atoms with van der Waals surface area (Å²) in [6, 6.07) is 0. The average molecular weight is 196 g/mol. The number of H-pyrrole nitrogens is 2. The lowest BCUT2D eigenvalue weighted by Crippen LogP contribution is -1.77. The Bertz CT molecular complexity index is 283. The molecular weight excluding hydrogens is 184 g/mol. The van der Waals surface area contributed by atoms with E-state index in [2.05, 4.69) is 19.9 Å². The van der Waals surface area contributed by atoms with Crippen molar-refractivity contribution in [2.75, 3.05) is 0 Å². The molecule has 2 rings (SSSR count). The van der Waals surface area contributed by atoms with Gasteiger partial charge in [0.1, 0.15) is 0 Å². The van der Waals surface area contributed by atoms with Crippen molar-refractivity contribution in [1.82, 2.24) is 19.9 Å². The quantitative estimate of drug-likeness (QED) is 0.534. The van der Waals surface area contributed by atoms with Crippen LogP contribution in [0.3, 0.4) is 0 Å². The standard InChI is InChI=1S/2C4H6N2O/c2*7-2-4-1-5-3-6-4/h2*1,3,7H,2H2,(H,5,6). The van der Waals surface area contributed by atoms with Crippen LogP contribution in [0, 0.1) is 0 Å². The Morgan fingerprint density at radius 1 is 0.929 bits per heavy atom. The van der Waals surface area contributed by atoms with Gasteiger partial charge in [-0.05, 0) is 0 Å². The van der Waals surface area contributed by atoms with Crippen molar-refractivity contribution >= 4 is 0 Å². The minimum atomic E-state index is 0.0417. The first kappa shape index (κ1) is 10.4. The first-order valence-electron chi connectivity index (χ1n) is 4.03. The van der Waals surface area contributed by atoms with Gasteiger partial charge in [-0.3, -0.25) is 0 Å². The monoisotopic (exact) mass is 196 g/mol. The van der Waals surface area contributed by atoms with E-state index in [-0.39, 0.29) is 13.2 Å². The number of rotatable bonds is 2. The maximum atomic E-state index is 8.36. The largest absolute Gasteiger partial charge is 0.390 e. The molecule has 0 bridgehead atoms. The van der Waals surface area contributed by atoms with E-state index < -0.39 is 0 Å². The molecular formula is C8H12N4O2. The molecule has 0 aliphatic carbocycles. The van der Waals surface area contributed by atoms with E-state index in [1.165, 1.54) is 12.7 Å². The van der Waals surface area contributed by atoms with Crippen molar-refractivity contribution < 1.29 is 10.2 Å². The van der Waals surface area contributed by atoms with Gasteiger partial charge in [0.2, 0.25) is 0 Å². The highest BCUT2D eigenvalue weighted by Crippen LogP contribution is 1.86. The lowest BCUT2D eigenvalue weighted by Gasteiger charge is -1.79. The number of aromatic nitrogens is 4. The molecule has 2 aromatic heterocycles. The Morgan fingerprint density at radius 3 is 1.50 bits per heavy atom. The molecule has 2 heterocycles. The molecule has 0 aliphatic heterocycles. The third-order valence-electron chi connectivity index (χ3n) is 1.45. The van der Waals surface area contributed by atoms with E-state index in [4.69, 9.17) is 10.2 Å².